The number of piperidine rings is 1. The second kappa shape index (κ2) is 9.05. The van der Waals surface area contributed by atoms with E-state index in [1.165, 1.54) is 6.07 Å². The van der Waals surface area contributed by atoms with Gasteiger partial charge in [0.2, 0.25) is 11.8 Å². The molecule has 1 saturated carbocycles. The highest BCUT2D eigenvalue weighted by atomic mass is 19.1. The van der Waals surface area contributed by atoms with E-state index in [4.69, 9.17) is 0 Å². The summed E-state index contributed by atoms with van der Waals surface area (Å²) in [5.41, 5.74) is 1.92. The molecule has 0 radical (unpaired) electrons. The van der Waals surface area contributed by atoms with Crippen molar-refractivity contribution >= 4 is 11.8 Å². The van der Waals surface area contributed by atoms with Crippen LogP contribution < -0.4 is 5.32 Å². The van der Waals surface area contributed by atoms with Gasteiger partial charge >= 0.3 is 0 Å². The Hall–Kier alpha value is -2.69. The van der Waals surface area contributed by atoms with E-state index >= 15 is 0 Å². The van der Waals surface area contributed by atoms with Gasteiger partial charge in [-0.3, -0.25) is 9.59 Å². The Kier molecular flexibility index (Phi) is 6.36. The van der Waals surface area contributed by atoms with Gasteiger partial charge in [-0.25, -0.2) is 4.39 Å². The van der Waals surface area contributed by atoms with Gasteiger partial charge in [-0.05, 0) is 62.6 Å². The minimum atomic E-state index is -0.532. The molecule has 2 aromatic carbocycles. The van der Waals surface area contributed by atoms with Crippen LogP contribution in [-0.4, -0.2) is 35.8 Å². The Labute approximate surface area is 190 Å². The molecule has 2 atom stereocenters. The Morgan fingerprint density at radius 2 is 1.72 bits per heavy atom. The van der Waals surface area contributed by atoms with Crippen LogP contribution in [0.25, 0.3) is 11.1 Å². The Morgan fingerprint density at radius 3 is 2.28 bits per heavy atom. The maximum Gasteiger partial charge on any atom is 0.226 e. The van der Waals surface area contributed by atoms with Crippen molar-refractivity contribution in [2.24, 2.45) is 17.3 Å². The van der Waals surface area contributed by atoms with Gasteiger partial charge in [0.15, 0.2) is 0 Å². The van der Waals surface area contributed by atoms with E-state index < -0.39 is 5.41 Å². The van der Waals surface area contributed by atoms with Crippen LogP contribution in [0.3, 0.4) is 0 Å². The minimum Gasteiger partial charge on any atom is -0.353 e. The summed E-state index contributed by atoms with van der Waals surface area (Å²) in [7, 11) is 0. The molecule has 1 aliphatic heterocycles. The largest absolute Gasteiger partial charge is 0.353 e. The average molecular weight is 437 g/mol. The summed E-state index contributed by atoms with van der Waals surface area (Å²) >= 11 is 0. The molecule has 2 aromatic rings. The number of hydrogen-bond donors (Lipinski definition) is 1. The molecular weight excluding hydrogens is 403 g/mol. The normalized spacial score (nSPS) is 22.0. The monoisotopic (exact) mass is 436 g/mol. The van der Waals surface area contributed by atoms with Crippen LogP contribution in [0, 0.1) is 23.1 Å². The second-order valence-electron chi connectivity index (χ2n) is 9.91. The van der Waals surface area contributed by atoms with Crippen LogP contribution in [0.2, 0.25) is 0 Å². The predicted molar refractivity (Wildman–Crippen MR) is 124 cm³/mol. The molecule has 1 N–H and O–H groups in total. The highest BCUT2D eigenvalue weighted by Gasteiger charge is 2.46. The Balaban J connectivity index is 1.51. The standard InChI is InChI=1S/C27H33FN2O2/c1-18(2)29-26(32)27(12-14-30(15-13-27)25(31)23-16-19(23)3)17-20-8-10-21(11-9-20)22-6-4-5-7-24(22)28/h4-11,18-19,23H,12-17H2,1-3H3,(H,29,32)/t19-,23+/m1/s1. The number of carbonyl (C=O) groups excluding carboxylic acids is 2. The number of nitrogens with one attached hydrogen (secondary N) is 1. The van der Waals surface area contributed by atoms with Gasteiger partial charge in [0.05, 0.1) is 5.41 Å². The molecule has 0 unspecified atom stereocenters. The molecule has 0 spiro atoms. The van der Waals surface area contributed by atoms with Crippen molar-refractivity contribution in [3.8, 4) is 11.1 Å². The summed E-state index contributed by atoms with van der Waals surface area (Å²) in [4.78, 5) is 27.9. The maximum absolute atomic E-state index is 14.1. The van der Waals surface area contributed by atoms with E-state index in [0.717, 1.165) is 17.5 Å². The molecule has 2 amide bonds. The van der Waals surface area contributed by atoms with Crippen molar-refractivity contribution in [2.45, 2.75) is 52.5 Å². The number of rotatable bonds is 6. The SMILES string of the molecule is CC(C)NC(=O)C1(Cc2ccc(-c3ccccc3F)cc2)CCN(C(=O)[C@H]2C[C@H]2C)CC1. The van der Waals surface area contributed by atoms with E-state index in [2.05, 4.69) is 12.2 Å². The molecule has 2 fully saturated rings. The van der Waals surface area contributed by atoms with Gasteiger partial charge in [-0.2, -0.15) is 0 Å². The van der Waals surface area contributed by atoms with Gasteiger partial charge in [0.25, 0.3) is 0 Å². The zero-order chi connectivity index (χ0) is 22.9. The summed E-state index contributed by atoms with van der Waals surface area (Å²) in [5.74, 6) is 0.751. The van der Waals surface area contributed by atoms with Gasteiger partial charge in [-0.1, -0.05) is 49.4 Å². The number of halogens is 1. The molecule has 170 valence electrons. The van der Waals surface area contributed by atoms with Crippen LogP contribution in [0.4, 0.5) is 4.39 Å². The fourth-order valence-corrected chi connectivity index (χ4v) is 4.84. The fourth-order valence-electron chi connectivity index (χ4n) is 4.84. The summed E-state index contributed by atoms with van der Waals surface area (Å²) in [6, 6.07) is 14.7. The molecule has 4 nitrogen and oxygen atoms in total. The summed E-state index contributed by atoms with van der Waals surface area (Å²) in [6.45, 7) is 7.32. The van der Waals surface area contributed by atoms with Gasteiger partial charge < -0.3 is 10.2 Å². The number of nitrogens with zero attached hydrogens (tertiary/aromatic N) is 1. The molecule has 4 rings (SSSR count). The lowest BCUT2D eigenvalue weighted by Gasteiger charge is -2.41. The minimum absolute atomic E-state index is 0.0646. The average Bonchev–Trinajstić information content (AvgIpc) is 3.51. The zero-order valence-electron chi connectivity index (χ0n) is 19.2. The number of amides is 2. The first-order valence-corrected chi connectivity index (χ1v) is 11.7. The van der Waals surface area contributed by atoms with Crippen molar-refractivity contribution in [2.75, 3.05) is 13.1 Å². The summed E-state index contributed by atoms with van der Waals surface area (Å²) in [6.07, 6.45) is 2.93. The highest BCUT2D eigenvalue weighted by Crippen LogP contribution is 2.42. The summed E-state index contributed by atoms with van der Waals surface area (Å²) < 4.78 is 14.1. The highest BCUT2D eigenvalue weighted by molar-refractivity contribution is 5.85. The van der Waals surface area contributed by atoms with Crippen LogP contribution in [0.5, 0.6) is 0 Å². The van der Waals surface area contributed by atoms with E-state index in [1.807, 2.05) is 49.1 Å². The molecule has 1 heterocycles. The van der Waals surface area contributed by atoms with E-state index in [0.29, 0.717) is 43.8 Å². The van der Waals surface area contributed by atoms with Crippen LogP contribution in [0.1, 0.15) is 45.6 Å². The molecule has 1 saturated heterocycles. The molecular formula is C27H33FN2O2. The number of carbonyl (C=O) groups is 2. The Morgan fingerprint density at radius 1 is 1.09 bits per heavy atom. The van der Waals surface area contributed by atoms with Gasteiger partial charge in [0.1, 0.15) is 5.82 Å². The van der Waals surface area contributed by atoms with Crippen molar-refractivity contribution < 1.29 is 14.0 Å². The lowest BCUT2D eigenvalue weighted by molar-refractivity contribution is -0.141. The number of benzene rings is 2. The van der Waals surface area contributed by atoms with Crippen LogP contribution in [0.15, 0.2) is 48.5 Å². The van der Waals surface area contributed by atoms with Crippen LogP contribution >= 0.6 is 0 Å². The maximum atomic E-state index is 14.1. The molecule has 0 aromatic heterocycles. The van der Waals surface area contributed by atoms with E-state index in [1.54, 1.807) is 12.1 Å². The number of likely N-dealkylation sites (tertiary alicyclic amines) is 1. The fraction of sp³-hybridized carbons (Fsp3) is 0.481. The first-order chi connectivity index (χ1) is 15.3. The zero-order valence-corrected chi connectivity index (χ0v) is 19.2. The van der Waals surface area contributed by atoms with Crippen LogP contribution in [-0.2, 0) is 16.0 Å². The van der Waals surface area contributed by atoms with E-state index in [9.17, 15) is 14.0 Å². The van der Waals surface area contributed by atoms with Crippen molar-refractivity contribution in [3.05, 3.63) is 59.9 Å². The lowest BCUT2D eigenvalue weighted by Crippen LogP contribution is -2.52. The number of hydrogen-bond acceptors (Lipinski definition) is 2. The van der Waals surface area contributed by atoms with Gasteiger partial charge in [-0.15, -0.1) is 0 Å². The Bertz CT molecular complexity index is 977. The lowest BCUT2D eigenvalue weighted by atomic mass is 9.72. The molecule has 5 heteroatoms. The second-order valence-corrected chi connectivity index (χ2v) is 9.91. The predicted octanol–water partition coefficient (Wildman–Crippen LogP) is 4.82. The first-order valence-electron chi connectivity index (χ1n) is 11.7. The topological polar surface area (TPSA) is 49.4 Å². The molecule has 0 bridgehead atoms. The first kappa shape index (κ1) is 22.5. The smallest absolute Gasteiger partial charge is 0.226 e. The van der Waals surface area contributed by atoms with Crippen molar-refractivity contribution in [3.63, 3.8) is 0 Å². The molecule has 1 aliphatic carbocycles. The molecule has 2 aliphatic rings. The van der Waals surface area contributed by atoms with E-state index in [-0.39, 0.29) is 29.6 Å². The summed E-state index contributed by atoms with van der Waals surface area (Å²) in [5, 5.41) is 3.11. The quantitative estimate of drug-likeness (QED) is 0.706. The molecule has 32 heavy (non-hydrogen) atoms. The third kappa shape index (κ3) is 4.72. The van der Waals surface area contributed by atoms with Crippen molar-refractivity contribution in [1.82, 2.24) is 10.2 Å². The van der Waals surface area contributed by atoms with Crippen molar-refractivity contribution in [1.29, 1.82) is 0 Å². The third-order valence-electron chi connectivity index (χ3n) is 7.04. The third-order valence-corrected chi connectivity index (χ3v) is 7.04. The van der Waals surface area contributed by atoms with Gasteiger partial charge in [0, 0.05) is 30.6 Å².